The molecule has 0 radical (unpaired) electrons. The number of H-pyrrole nitrogens is 3. The maximum absolute atomic E-state index is 3.92. The van der Waals surface area contributed by atoms with Gasteiger partial charge in [0.1, 0.15) is 0 Å². The number of hydrogen-bond donors (Lipinski definition) is 4. The first kappa shape index (κ1) is 26.6. The van der Waals surface area contributed by atoms with Gasteiger partial charge in [0, 0.05) is 44.9 Å². The number of nitrogens with one attached hydrogen (secondary N) is 4. The second kappa shape index (κ2) is 9.47. The Balaban J connectivity index is 1.73. The standard InChI is InChI=1S/C36H44N4/c1-10-24-20(5)28-15-32-25(11-2)21(6)30(38-32)17-34-27-14-13-19(4)23(8)36(27,9)35(40-34)18-33-26(12-3)22(7)29(39-33)16-31(24)37-28/h14-18,37-40H,10-13H2,1-9H3. The van der Waals surface area contributed by atoms with Gasteiger partial charge in [-0.1, -0.05) is 38.0 Å². The molecule has 8 bridgehead atoms. The van der Waals surface area contributed by atoms with Crippen molar-refractivity contribution in [1.29, 1.82) is 0 Å². The number of rotatable bonds is 3. The smallest absolute Gasteiger partial charge is 0.0551 e. The molecule has 1 unspecified atom stereocenters. The monoisotopic (exact) mass is 532 g/mol. The molecule has 3 aromatic heterocycles. The minimum Gasteiger partial charge on any atom is -0.358 e. The van der Waals surface area contributed by atoms with Gasteiger partial charge in [0.2, 0.25) is 0 Å². The van der Waals surface area contributed by atoms with Crippen LogP contribution in [0.25, 0.3) is 24.3 Å². The van der Waals surface area contributed by atoms with E-state index >= 15 is 0 Å². The van der Waals surface area contributed by atoms with E-state index in [2.05, 4.69) is 113 Å². The van der Waals surface area contributed by atoms with E-state index in [-0.39, 0.29) is 5.41 Å². The number of hydrogen-bond acceptors (Lipinski definition) is 1. The summed E-state index contributed by atoms with van der Waals surface area (Å²) in [5, 5.41) is 6.31. The quantitative estimate of drug-likeness (QED) is 0.272. The van der Waals surface area contributed by atoms with E-state index < -0.39 is 0 Å². The normalized spacial score (nSPS) is 19.9. The zero-order chi connectivity index (χ0) is 28.5. The van der Waals surface area contributed by atoms with Crippen LogP contribution < -0.4 is 16.0 Å². The molecule has 3 aliphatic rings. The molecule has 5 heterocycles. The summed E-state index contributed by atoms with van der Waals surface area (Å²) in [6.45, 7) is 20.6. The van der Waals surface area contributed by atoms with Crippen LogP contribution in [0.5, 0.6) is 0 Å². The topological polar surface area (TPSA) is 59.4 Å². The van der Waals surface area contributed by atoms with Gasteiger partial charge in [-0.2, -0.15) is 0 Å². The zero-order valence-corrected chi connectivity index (χ0v) is 25.7. The van der Waals surface area contributed by atoms with Crippen LogP contribution in [0.3, 0.4) is 0 Å². The van der Waals surface area contributed by atoms with Crippen molar-refractivity contribution in [2.45, 2.75) is 88.0 Å². The summed E-state index contributed by atoms with van der Waals surface area (Å²) in [6, 6.07) is 0. The number of allylic oxidation sites excluding steroid dienone is 4. The molecule has 1 fully saturated rings. The lowest BCUT2D eigenvalue weighted by atomic mass is 9.70. The van der Waals surface area contributed by atoms with Gasteiger partial charge in [-0.05, 0) is 130 Å². The molecule has 4 nitrogen and oxygen atoms in total. The molecule has 1 atom stereocenters. The molecule has 0 spiro atoms. The highest BCUT2D eigenvalue weighted by molar-refractivity contribution is 5.74. The predicted molar refractivity (Wildman–Crippen MR) is 169 cm³/mol. The third-order valence-electron chi connectivity index (χ3n) is 10.2. The molecule has 6 rings (SSSR count). The van der Waals surface area contributed by atoms with Crippen molar-refractivity contribution in [2.24, 2.45) is 5.41 Å². The molecule has 3 aromatic rings. The zero-order valence-electron chi connectivity index (χ0n) is 25.7. The minimum atomic E-state index is -0.181. The van der Waals surface area contributed by atoms with E-state index in [0.29, 0.717) is 0 Å². The van der Waals surface area contributed by atoms with Crippen molar-refractivity contribution in [3.63, 3.8) is 0 Å². The summed E-state index contributed by atoms with van der Waals surface area (Å²) in [5.74, 6) is 0. The molecular weight excluding hydrogens is 488 g/mol. The van der Waals surface area contributed by atoms with Gasteiger partial charge in [-0.25, -0.2) is 0 Å². The Morgan fingerprint density at radius 2 is 1.23 bits per heavy atom. The van der Waals surface area contributed by atoms with Crippen molar-refractivity contribution in [3.8, 4) is 0 Å². The van der Waals surface area contributed by atoms with Crippen LogP contribution in [0.2, 0.25) is 0 Å². The van der Waals surface area contributed by atoms with Gasteiger partial charge in [0.05, 0.1) is 5.41 Å². The van der Waals surface area contributed by atoms with E-state index in [4.69, 9.17) is 0 Å². The highest BCUT2D eigenvalue weighted by Gasteiger charge is 2.45. The molecule has 1 saturated heterocycles. The predicted octanol–water partition coefficient (Wildman–Crippen LogP) is 6.91. The Bertz CT molecular complexity index is 1800. The van der Waals surface area contributed by atoms with Crippen LogP contribution in [0.15, 0.2) is 34.2 Å². The van der Waals surface area contributed by atoms with Crippen LogP contribution in [0, 0.1) is 26.2 Å². The third-order valence-corrected chi connectivity index (χ3v) is 10.2. The van der Waals surface area contributed by atoms with Gasteiger partial charge < -0.3 is 20.3 Å². The number of fused-ring (bicyclic) bond motifs is 11. The van der Waals surface area contributed by atoms with Crippen molar-refractivity contribution < 1.29 is 0 Å². The summed E-state index contributed by atoms with van der Waals surface area (Å²) in [4.78, 5) is 11.5. The molecule has 0 amide bonds. The van der Waals surface area contributed by atoms with Gasteiger partial charge in [-0.3, -0.25) is 0 Å². The molecule has 208 valence electrons. The summed E-state index contributed by atoms with van der Waals surface area (Å²) in [7, 11) is 0. The first-order chi connectivity index (χ1) is 19.1. The largest absolute Gasteiger partial charge is 0.358 e. The van der Waals surface area contributed by atoms with Crippen molar-refractivity contribution in [1.82, 2.24) is 20.3 Å². The summed E-state index contributed by atoms with van der Waals surface area (Å²) in [5.41, 5.74) is 19.5. The summed E-state index contributed by atoms with van der Waals surface area (Å²) < 4.78 is 0. The lowest BCUT2D eigenvalue weighted by Crippen LogP contribution is -2.23. The Labute approximate surface area is 238 Å². The summed E-state index contributed by atoms with van der Waals surface area (Å²) in [6.07, 6.45) is 15.8. The van der Waals surface area contributed by atoms with Gasteiger partial charge in [-0.15, -0.1) is 0 Å². The second-order valence-electron chi connectivity index (χ2n) is 12.1. The highest BCUT2D eigenvalue weighted by Crippen LogP contribution is 2.53. The first-order valence-corrected chi connectivity index (χ1v) is 15.0. The van der Waals surface area contributed by atoms with Crippen LogP contribution in [0.1, 0.15) is 104 Å². The Kier molecular flexibility index (Phi) is 6.29. The lowest BCUT2D eigenvalue weighted by molar-refractivity contribution is 0.583. The van der Waals surface area contributed by atoms with Gasteiger partial charge in [0.25, 0.3) is 0 Å². The first-order valence-electron chi connectivity index (χ1n) is 15.0. The highest BCUT2D eigenvalue weighted by atomic mass is 15.0. The van der Waals surface area contributed by atoms with Gasteiger partial charge >= 0.3 is 0 Å². The lowest BCUT2D eigenvalue weighted by Gasteiger charge is -2.33. The number of aromatic amines is 3. The van der Waals surface area contributed by atoms with Crippen molar-refractivity contribution in [2.75, 3.05) is 0 Å². The molecule has 40 heavy (non-hydrogen) atoms. The second-order valence-corrected chi connectivity index (χ2v) is 12.1. The fourth-order valence-electron chi connectivity index (χ4n) is 7.38. The Morgan fingerprint density at radius 3 is 1.85 bits per heavy atom. The van der Waals surface area contributed by atoms with E-state index in [1.165, 1.54) is 95.0 Å². The van der Waals surface area contributed by atoms with Gasteiger partial charge in [0.15, 0.2) is 0 Å². The maximum atomic E-state index is 3.92. The fourth-order valence-corrected chi connectivity index (χ4v) is 7.38. The van der Waals surface area contributed by atoms with Crippen LogP contribution in [-0.4, -0.2) is 15.0 Å². The number of aromatic nitrogens is 3. The molecule has 1 aliphatic carbocycles. The molecule has 0 aromatic carbocycles. The van der Waals surface area contributed by atoms with E-state index in [0.717, 1.165) is 25.7 Å². The Morgan fingerprint density at radius 1 is 0.650 bits per heavy atom. The minimum absolute atomic E-state index is 0.181. The average Bonchev–Trinajstić information content (AvgIpc) is 3.58. The molecule has 2 aliphatic heterocycles. The van der Waals surface area contributed by atoms with Crippen molar-refractivity contribution in [3.05, 3.63) is 101 Å². The van der Waals surface area contributed by atoms with E-state index in [1.54, 1.807) is 0 Å². The Hall–Kier alpha value is -3.66. The SMILES string of the molecule is CCc1c2[nH]c(c1C)C=c1[nH]c(c(C)c1CC)=Cc1[nH]c(c(C)c1CC)C=C1NC(=C2)C2(C)C1=CCC(C)=C2C. The van der Waals surface area contributed by atoms with Crippen LogP contribution in [-0.2, 0) is 19.3 Å². The summed E-state index contributed by atoms with van der Waals surface area (Å²) >= 11 is 0. The van der Waals surface area contributed by atoms with Crippen LogP contribution >= 0.6 is 0 Å². The average molecular weight is 533 g/mol. The van der Waals surface area contributed by atoms with E-state index in [1.807, 2.05) is 0 Å². The fraction of sp³-hybridized carbons (Fsp3) is 0.389. The molecule has 0 saturated carbocycles. The maximum Gasteiger partial charge on any atom is 0.0551 e. The van der Waals surface area contributed by atoms with E-state index in [9.17, 15) is 0 Å². The molecule has 4 N–H and O–H groups in total. The molecular formula is C36H44N4. The van der Waals surface area contributed by atoms with Crippen molar-refractivity contribution >= 4 is 24.3 Å². The molecule has 4 heteroatoms. The van der Waals surface area contributed by atoms with Crippen LogP contribution in [0.4, 0.5) is 0 Å². The third kappa shape index (κ3) is 3.72.